The molecule has 21 heavy (non-hydrogen) atoms. The fraction of sp³-hybridized carbons (Fsp3) is 0.333. The predicted molar refractivity (Wildman–Crippen MR) is 83.1 cm³/mol. The number of fused-ring (bicyclic) bond motifs is 1. The van der Waals surface area contributed by atoms with Gasteiger partial charge >= 0.3 is 0 Å². The van der Waals surface area contributed by atoms with Gasteiger partial charge in [0.25, 0.3) is 5.56 Å². The Morgan fingerprint density at radius 2 is 2.10 bits per heavy atom. The SMILES string of the molecule is CCc1nc(-c2cc(Br)c3c(c2)OCCO3)[nH]c(=O)c1C. The summed E-state index contributed by atoms with van der Waals surface area (Å²) in [7, 11) is 0. The molecule has 3 rings (SSSR count). The first-order valence-electron chi connectivity index (χ1n) is 6.79. The zero-order valence-electron chi connectivity index (χ0n) is 11.8. The van der Waals surface area contributed by atoms with Crippen LogP contribution in [0.3, 0.4) is 0 Å². The number of hydrogen-bond acceptors (Lipinski definition) is 4. The highest BCUT2D eigenvalue weighted by Crippen LogP contribution is 2.40. The normalized spacial score (nSPS) is 13.3. The second-order valence-corrected chi connectivity index (χ2v) is 5.68. The van der Waals surface area contributed by atoms with E-state index in [0.29, 0.717) is 42.5 Å². The Morgan fingerprint density at radius 3 is 2.86 bits per heavy atom. The van der Waals surface area contributed by atoms with E-state index in [2.05, 4.69) is 25.9 Å². The van der Waals surface area contributed by atoms with Gasteiger partial charge in [-0.15, -0.1) is 0 Å². The van der Waals surface area contributed by atoms with Crippen molar-refractivity contribution in [2.75, 3.05) is 13.2 Å². The summed E-state index contributed by atoms with van der Waals surface area (Å²) in [6.45, 7) is 4.82. The van der Waals surface area contributed by atoms with Crippen LogP contribution in [-0.4, -0.2) is 23.2 Å². The number of aromatic amines is 1. The van der Waals surface area contributed by atoms with E-state index in [4.69, 9.17) is 9.47 Å². The molecule has 0 saturated heterocycles. The molecule has 0 saturated carbocycles. The van der Waals surface area contributed by atoms with Crippen LogP contribution in [0.1, 0.15) is 18.2 Å². The fourth-order valence-corrected chi connectivity index (χ4v) is 2.86. The molecule has 6 heteroatoms. The van der Waals surface area contributed by atoms with Crippen LogP contribution in [0.25, 0.3) is 11.4 Å². The van der Waals surface area contributed by atoms with Crippen molar-refractivity contribution in [1.29, 1.82) is 0 Å². The van der Waals surface area contributed by atoms with Crippen molar-refractivity contribution >= 4 is 15.9 Å². The predicted octanol–water partition coefficient (Wildman–Crippen LogP) is 2.84. The van der Waals surface area contributed by atoms with E-state index in [1.807, 2.05) is 19.1 Å². The third-order valence-corrected chi connectivity index (χ3v) is 4.05. The minimum Gasteiger partial charge on any atom is -0.486 e. The highest BCUT2D eigenvalue weighted by Gasteiger charge is 2.18. The van der Waals surface area contributed by atoms with Gasteiger partial charge in [-0.25, -0.2) is 4.98 Å². The molecule has 2 aromatic rings. The molecule has 0 fully saturated rings. The van der Waals surface area contributed by atoms with Gasteiger partial charge in [0.05, 0.1) is 10.2 Å². The lowest BCUT2D eigenvalue weighted by Gasteiger charge is -2.20. The number of aryl methyl sites for hydroxylation is 1. The van der Waals surface area contributed by atoms with Gasteiger partial charge in [0.15, 0.2) is 11.5 Å². The van der Waals surface area contributed by atoms with E-state index in [9.17, 15) is 4.79 Å². The number of ether oxygens (including phenoxy) is 2. The van der Waals surface area contributed by atoms with Crippen LogP contribution < -0.4 is 15.0 Å². The van der Waals surface area contributed by atoms with Crippen LogP contribution in [0.5, 0.6) is 11.5 Å². The summed E-state index contributed by atoms with van der Waals surface area (Å²) < 4.78 is 12.0. The van der Waals surface area contributed by atoms with Gasteiger partial charge in [-0.1, -0.05) is 6.92 Å². The van der Waals surface area contributed by atoms with E-state index >= 15 is 0 Å². The van der Waals surface area contributed by atoms with Crippen molar-refractivity contribution in [3.8, 4) is 22.9 Å². The second kappa shape index (κ2) is 5.52. The average Bonchev–Trinajstić information content (AvgIpc) is 2.50. The molecular formula is C15H15BrN2O3. The zero-order chi connectivity index (χ0) is 15.0. The molecule has 0 aliphatic carbocycles. The number of halogens is 1. The van der Waals surface area contributed by atoms with E-state index in [-0.39, 0.29) is 5.56 Å². The van der Waals surface area contributed by atoms with E-state index in [1.165, 1.54) is 0 Å². The average molecular weight is 351 g/mol. The zero-order valence-corrected chi connectivity index (χ0v) is 13.4. The molecule has 0 radical (unpaired) electrons. The van der Waals surface area contributed by atoms with Crippen molar-refractivity contribution in [2.45, 2.75) is 20.3 Å². The molecule has 0 bridgehead atoms. The Hall–Kier alpha value is -1.82. The third kappa shape index (κ3) is 2.55. The Morgan fingerprint density at radius 1 is 1.33 bits per heavy atom. The summed E-state index contributed by atoms with van der Waals surface area (Å²) in [5.74, 6) is 1.89. The van der Waals surface area contributed by atoms with Crippen LogP contribution in [0.15, 0.2) is 21.4 Å². The molecule has 2 heterocycles. The summed E-state index contributed by atoms with van der Waals surface area (Å²) in [5, 5.41) is 0. The van der Waals surface area contributed by atoms with E-state index in [1.54, 1.807) is 6.92 Å². The van der Waals surface area contributed by atoms with Gasteiger partial charge in [-0.05, 0) is 41.4 Å². The van der Waals surface area contributed by atoms with Gasteiger partial charge in [-0.3, -0.25) is 4.79 Å². The maximum absolute atomic E-state index is 12.0. The summed E-state index contributed by atoms with van der Waals surface area (Å²) in [6.07, 6.45) is 0.717. The molecule has 5 nitrogen and oxygen atoms in total. The van der Waals surface area contributed by atoms with Crippen molar-refractivity contribution in [3.05, 3.63) is 38.2 Å². The topological polar surface area (TPSA) is 64.2 Å². The molecular weight excluding hydrogens is 336 g/mol. The lowest BCUT2D eigenvalue weighted by molar-refractivity contribution is 0.170. The van der Waals surface area contributed by atoms with Gasteiger partial charge in [0.1, 0.15) is 19.0 Å². The first-order chi connectivity index (χ1) is 10.1. The minimum atomic E-state index is -0.108. The number of aromatic nitrogens is 2. The van der Waals surface area contributed by atoms with E-state index < -0.39 is 0 Å². The highest BCUT2D eigenvalue weighted by molar-refractivity contribution is 9.10. The van der Waals surface area contributed by atoms with Crippen LogP contribution >= 0.6 is 15.9 Å². The molecule has 110 valence electrons. The molecule has 0 atom stereocenters. The molecule has 0 unspecified atom stereocenters. The summed E-state index contributed by atoms with van der Waals surface area (Å²) in [5.41, 5.74) is 2.15. The lowest BCUT2D eigenvalue weighted by atomic mass is 10.1. The van der Waals surface area contributed by atoms with Gasteiger partial charge in [-0.2, -0.15) is 0 Å². The molecule has 1 aromatic heterocycles. The number of benzene rings is 1. The van der Waals surface area contributed by atoms with Crippen molar-refractivity contribution in [2.24, 2.45) is 0 Å². The largest absolute Gasteiger partial charge is 0.486 e. The number of hydrogen-bond donors (Lipinski definition) is 1. The monoisotopic (exact) mass is 350 g/mol. The first kappa shape index (κ1) is 14.1. The Kier molecular flexibility index (Phi) is 3.71. The van der Waals surface area contributed by atoms with Crippen molar-refractivity contribution in [1.82, 2.24) is 9.97 Å². The Labute approximate surface area is 130 Å². The van der Waals surface area contributed by atoms with Crippen LogP contribution in [-0.2, 0) is 6.42 Å². The standard InChI is InChI=1S/C15H15BrN2O3/c1-3-11-8(2)15(19)18-14(17-11)9-6-10(16)13-12(7-9)20-4-5-21-13/h6-7H,3-5H2,1-2H3,(H,17,18,19). The molecule has 1 aliphatic rings. The van der Waals surface area contributed by atoms with E-state index in [0.717, 1.165) is 15.7 Å². The Bertz CT molecular complexity index is 755. The molecule has 1 aromatic carbocycles. The molecule has 0 spiro atoms. The van der Waals surface area contributed by atoms with Crippen LogP contribution in [0.4, 0.5) is 0 Å². The molecule has 1 aliphatic heterocycles. The lowest BCUT2D eigenvalue weighted by Crippen LogP contribution is -2.17. The van der Waals surface area contributed by atoms with Crippen LogP contribution in [0.2, 0.25) is 0 Å². The second-order valence-electron chi connectivity index (χ2n) is 4.82. The van der Waals surface area contributed by atoms with Crippen molar-refractivity contribution < 1.29 is 9.47 Å². The quantitative estimate of drug-likeness (QED) is 0.904. The third-order valence-electron chi connectivity index (χ3n) is 3.46. The van der Waals surface area contributed by atoms with Crippen molar-refractivity contribution in [3.63, 3.8) is 0 Å². The summed E-state index contributed by atoms with van der Waals surface area (Å²) in [6, 6.07) is 3.72. The van der Waals surface area contributed by atoms with Gasteiger partial charge in [0.2, 0.25) is 0 Å². The fourth-order valence-electron chi connectivity index (χ4n) is 2.31. The molecule has 1 N–H and O–H groups in total. The number of H-pyrrole nitrogens is 1. The van der Waals surface area contributed by atoms with Gasteiger partial charge in [0, 0.05) is 11.1 Å². The summed E-state index contributed by atoms with van der Waals surface area (Å²) in [4.78, 5) is 19.4. The number of nitrogens with zero attached hydrogens (tertiary/aromatic N) is 1. The first-order valence-corrected chi connectivity index (χ1v) is 7.58. The Balaban J connectivity index is 2.15. The van der Waals surface area contributed by atoms with Gasteiger partial charge < -0.3 is 14.5 Å². The number of rotatable bonds is 2. The number of nitrogens with one attached hydrogen (secondary N) is 1. The maximum atomic E-state index is 12.0. The maximum Gasteiger partial charge on any atom is 0.254 e. The summed E-state index contributed by atoms with van der Waals surface area (Å²) >= 11 is 3.47. The molecule has 0 amide bonds. The highest BCUT2D eigenvalue weighted by atomic mass is 79.9. The smallest absolute Gasteiger partial charge is 0.254 e. The minimum absolute atomic E-state index is 0.108. The van der Waals surface area contributed by atoms with Crippen LogP contribution in [0, 0.1) is 6.92 Å².